The lowest BCUT2D eigenvalue weighted by molar-refractivity contribution is 0.883. The molecule has 1 heterocycles. The number of hydrogen-bond acceptors (Lipinski definition) is 3. The van der Waals surface area contributed by atoms with E-state index < -0.39 is 0 Å². The van der Waals surface area contributed by atoms with Crippen LogP contribution in [-0.4, -0.2) is 18.9 Å². The number of benzene rings is 1. The number of nitrogens with two attached hydrogens (primary N) is 1. The fourth-order valence-corrected chi connectivity index (χ4v) is 2.19. The van der Waals surface area contributed by atoms with Gasteiger partial charge in [-0.05, 0) is 30.0 Å². The summed E-state index contributed by atoms with van der Waals surface area (Å²) in [5, 5.41) is 3.24. The Bertz CT molecular complexity index is 449. The van der Waals surface area contributed by atoms with E-state index in [-0.39, 0.29) is 6.04 Å². The third-order valence-corrected chi connectivity index (χ3v) is 3.18. The molecule has 1 aromatic rings. The van der Waals surface area contributed by atoms with Crippen LogP contribution >= 0.6 is 0 Å². The first-order valence-electron chi connectivity index (χ1n) is 5.97. The van der Waals surface area contributed by atoms with Crippen LogP contribution in [0.5, 0.6) is 0 Å². The van der Waals surface area contributed by atoms with E-state index in [0.717, 1.165) is 30.9 Å². The van der Waals surface area contributed by atoms with Crippen LogP contribution in [0.4, 0.5) is 0 Å². The minimum atomic E-state index is -0.137. The van der Waals surface area contributed by atoms with Gasteiger partial charge in [0.1, 0.15) is 5.84 Å². The lowest BCUT2D eigenvalue weighted by Gasteiger charge is -2.17. The highest BCUT2D eigenvalue weighted by Crippen LogP contribution is 2.21. The Hall–Kier alpha value is -1.61. The molecule has 90 valence electrons. The van der Waals surface area contributed by atoms with Gasteiger partial charge in [0.2, 0.25) is 0 Å². The maximum atomic E-state index is 6.25. The predicted molar refractivity (Wildman–Crippen MR) is 72.3 cm³/mol. The minimum Gasteiger partial charge on any atom is -0.370 e. The third kappa shape index (κ3) is 2.39. The maximum absolute atomic E-state index is 6.25. The van der Waals surface area contributed by atoms with Crippen molar-refractivity contribution in [2.24, 2.45) is 10.7 Å². The van der Waals surface area contributed by atoms with Crippen LogP contribution in [0.15, 0.2) is 35.8 Å². The van der Waals surface area contributed by atoms with Crippen molar-refractivity contribution in [2.45, 2.75) is 19.4 Å². The van der Waals surface area contributed by atoms with Crippen molar-refractivity contribution in [2.75, 3.05) is 13.1 Å². The number of rotatable bonds is 4. The summed E-state index contributed by atoms with van der Waals surface area (Å²) in [6.45, 7) is 7.62. The molecule has 1 aliphatic heterocycles. The van der Waals surface area contributed by atoms with Crippen LogP contribution in [0.25, 0.3) is 0 Å². The number of amidine groups is 1. The highest BCUT2D eigenvalue weighted by atomic mass is 15.1. The van der Waals surface area contributed by atoms with Gasteiger partial charge in [-0.25, -0.2) is 0 Å². The Kier molecular flexibility index (Phi) is 3.59. The molecule has 0 fully saturated rings. The second kappa shape index (κ2) is 5.15. The van der Waals surface area contributed by atoms with Gasteiger partial charge in [-0.2, -0.15) is 0 Å². The van der Waals surface area contributed by atoms with Crippen molar-refractivity contribution < 1.29 is 0 Å². The summed E-state index contributed by atoms with van der Waals surface area (Å²) in [7, 11) is 0. The van der Waals surface area contributed by atoms with Crippen LogP contribution in [-0.2, 0) is 6.42 Å². The summed E-state index contributed by atoms with van der Waals surface area (Å²) in [4.78, 5) is 4.39. The van der Waals surface area contributed by atoms with E-state index in [1.54, 1.807) is 0 Å². The van der Waals surface area contributed by atoms with Gasteiger partial charge in [0.15, 0.2) is 0 Å². The van der Waals surface area contributed by atoms with Crippen molar-refractivity contribution in [3.63, 3.8) is 0 Å². The summed E-state index contributed by atoms with van der Waals surface area (Å²) >= 11 is 0. The second-order valence-electron chi connectivity index (χ2n) is 4.30. The zero-order chi connectivity index (χ0) is 12.3. The summed E-state index contributed by atoms with van der Waals surface area (Å²) in [6, 6.07) is 6.12. The fraction of sp³-hybridized carbons (Fsp3) is 0.357. The molecule has 0 amide bonds. The molecule has 3 heteroatoms. The molecule has 0 saturated heterocycles. The number of hydrogen-bond donors (Lipinski definition) is 2. The Morgan fingerprint density at radius 2 is 2.41 bits per heavy atom. The predicted octanol–water partition coefficient (Wildman–Crippen LogP) is 1.73. The van der Waals surface area contributed by atoms with Gasteiger partial charge < -0.3 is 11.1 Å². The zero-order valence-corrected chi connectivity index (χ0v) is 10.2. The van der Waals surface area contributed by atoms with Crippen molar-refractivity contribution in [3.05, 3.63) is 47.5 Å². The summed E-state index contributed by atoms with van der Waals surface area (Å²) < 4.78 is 0. The van der Waals surface area contributed by atoms with Crippen LogP contribution < -0.4 is 11.1 Å². The highest BCUT2D eigenvalue weighted by Gasteiger charge is 2.18. The largest absolute Gasteiger partial charge is 0.370 e. The lowest BCUT2D eigenvalue weighted by Crippen LogP contribution is -2.31. The number of allylic oxidation sites excluding steroid dienone is 1. The molecule has 0 aliphatic carbocycles. The summed E-state index contributed by atoms with van der Waals surface area (Å²) in [6.07, 6.45) is 2.80. The number of aliphatic imine (C=N–C) groups is 1. The Balaban J connectivity index is 2.31. The molecular weight excluding hydrogens is 210 g/mol. The van der Waals surface area contributed by atoms with E-state index in [2.05, 4.69) is 42.0 Å². The minimum absolute atomic E-state index is 0.137. The first-order chi connectivity index (χ1) is 8.24. The standard InChI is InChI=1S/C14H19N3/c1-3-5-11-6-4-7-12(10(11)2)13(15)14-16-8-9-17-14/h3-4,6-7,13H,1,5,8-9,15H2,2H3,(H,16,17). The molecule has 17 heavy (non-hydrogen) atoms. The lowest BCUT2D eigenvalue weighted by atomic mass is 9.95. The average molecular weight is 229 g/mol. The van der Waals surface area contributed by atoms with E-state index in [1.807, 2.05) is 6.08 Å². The van der Waals surface area contributed by atoms with Gasteiger partial charge in [-0.15, -0.1) is 6.58 Å². The average Bonchev–Trinajstić information content (AvgIpc) is 2.85. The second-order valence-corrected chi connectivity index (χ2v) is 4.30. The van der Waals surface area contributed by atoms with Gasteiger partial charge in [-0.1, -0.05) is 24.3 Å². The Morgan fingerprint density at radius 3 is 3.06 bits per heavy atom. The molecule has 0 spiro atoms. The van der Waals surface area contributed by atoms with E-state index in [0.29, 0.717) is 0 Å². The summed E-state index contributed by atoms with van der Waals surface area (Å²) in [5.41, 5.74) is 9.93. The van der Waals surface area contributed by atoms with Gasteiger partial charge in [-0.3, -0.25) is 4.99 Å². The van der Waals surface area contributed by atoms with Gasteiger partial charge in [0.25, 0.3) is 0 Å². The Morgan fingerprint density at radius 1 is 1.59 bits per heavy atom. The normalized spacial score (nSPS) is 16.2. The van der Waals surface area contributed by atoms with Gasteiger partial charge >= 0.3 is 0 Å². The molecule has 1 atom stereocenters. The fourth-order valence-electron chi connectivity index (χ4n) is 2.19. The molecule has 0 bridgehead atoms. The van der Waals surface area contributed by atoms with Gasteiger partial charge in [0.05, 0.1) is 12.6 Å². The molecule has 1 aliphatic rings. The first kappa shape index (κ1) is 11.9. The molecule has 1 aromatic carbocycles. The molecular formula is C14H19N3. The molecule has 0 aromatic heterocycles. The number of nitrogens with one attached hydrogen (secondary N) is 1. The van der Waals surface area contributed by atoms with Crippen LogP contribution in [0.3, 0.4) is 0 Å². The number of nitrogens with zero attached hydrogens (tertiary/aromatic N) is 1. The topological polar surface area (TPSA) is 50.4 Å². The molecule has 3 N–H and O–H groups in total. The van der Waals surface area contributed by atoms with Crippen LogP contribution in [0.2, 0.25) is 0 Å². The van der Waals surface area contributed by atoms with Gasteiger partial charge in [0, 0.05) is 6.54 Å². The van der Waals surface area contributed by atoms with E-state index in [9.17, 15) is 0 Å². The molecule has 1 unspecified atom stereocenters. The van der Waals surface area contributed by atoms with Crippen molar-refractivity contribution in [1.29, 1.82) is 0 Å². The molecule has 0 saturated carbocycles. The monoisotopic (exact) mass is 229 g/mol. The zero-order valence-electron chi connectivity index (χ0n) is 10.2. The smallest absolute Gasteiger partial charge is 0.118 e. The van der Waals surface area contributed by atoms with Crippen molar-refractivity contribution in [3.8, 4) is 0 Å². The maximum Gasteiger partial charge on any atom is 0.118 e. The molecule has 0 radical (unpaired) electrons. The molecule has 2 rings (SSSR count). The van der Waals surface area contributed by atoms with E-state index in [1.165, 1.54) is 11.1 Å². The highest BCUT2D eigenvalue weighted by molar-refractivity contribution is 5.89. The van der Waals surface area contributed by atoms with Crippen LogP contribution in [0.1, 0.15) is 22.7 Å². The van der Waals surface area contributed by atoms with E-state index >= 15 is 0 Å². The van der Waals surface area contributed by atoms with Crippen molar-refractivity contribution >= 4 is 5.84 Å². The SMILES string of the molecule is C=CCc1cccc(C(N)C2=NCCN2)c1C. The third-order valence-electron chi connectivity index (χ3n) is 3.18. The van der Waals surface area contributed by atoms with Crippen LogP contribution in [0, 0.1) is 6.92 Å². The first-order valence-corrected chi connectivity index (χ1v) is 5.97. The Labute approximate surface area is 102 Å². The quantitative estimate of drug-likeness (QED) is 0.772. The van der Waals surface area contributed by atoms with Crippen molar-refractivity contribution in [1.82, 2.24) is 5.32 Å². The summed E-state index contributed by atoms with van der Waals surface area (Å²) in [5.74, 6) is 0.906. The van der Waals surface area contributed by atoms with E-state index in [4.69, 9.17) is 5.73 Å². The molecule has 3 nitrogen and oxygen atoms in total.